The Morgan fingerprint density at radius 1 is 0.957 bits per heavy atom. The molecule has 3 heterocycles. The average Bonchev–Trinajstić information content (AvgIpc) is 2.83. The maximum atomic E-state index is 4.67. The smallest absolute Gasteiger partial charge is 0.141 e. The van der Waals surface area contributed by atoms with Gasteiger partial charge in [-0.05, 0) is 25.3 Å². The number of hydrogen-bond acceptors (Lipinski definition) is 4. The van der Waals surface area contributed by atoms with Crippen LogP contribution in [0, 0.1) is 6.92 Å². The molecule has 1 fully saturated rings. The Hall–Kier alpha value is -1.94. The summed E-state index contributed by atoms with van der Waals surface area (Å²) in [5.41, 5.74) is 3.81. The van der Waals surface area contributed by atoms with Crippen LogP contribution >= 0.6 is 11.3 Å². The lowest BCUT2D eigenvalue weighted by molar-refractivity contribution is 0.726. The second-order valence-corrected chi connectivity index (χ2v) is 7.15. The van der Waals surface area contributed by atoms with Gasteiger partial charge < -0.3 is 4.90 Å². The highest BCUT2D eigenvalue weighted by Crippen LogP contribution is 2.38. The van der Waals surface area contributed by atoms with Gasteiger partial charge in [0, 0.05) is 24.0 Å². The minimum atomic E-state index is 1.09. The van der Waals surface area contributed by atoms with Gasteiger partial charge in [-0.3, -0.25) is 0 Å². The standard InChI is InChI=1S/C19H21N3S/c1-14-6-8-15(9-7-14)16-12-23-19-17(16)18(20-13-21-19)22-10-4-2-3-5-11-22/h6-9,12-13H,2-5,10-11H2,1H3. The summed E-state index contributed by atoms with van der Waals surface area (Å²) in [6, 6.07) is 8.76. The van der Waals surface area contributed by atoms with Crippen LogP contribution in [0.5, 0.6) is 0 Å². The molecule has 1 aliphatic heterocycles. The highest BCUT2D eigenvalue weighted by atomic mass is 32.1. The van der Waals surface area contributed by atoms with Gasteiger partial charge in [0.2, 0.25) is 0 Å². The van der Waals surface area contributed by atoms with Crippen molar-refractivity contribution < 1.29 is 0 Å². The van der Waals surface area contributed by atoms with Crippen molar-refractivity contribution in [2.45, 2.75) is 32.6 Å². The van der Waals surface area contributed by atoms with Gasteiger partial charge in [0.05, 0.1) is 5.39 Å². The van der Waals surface area contributed by atoms with E-state index in [1.54, 1.807) is 17.7 Å². The van der Waals surface area contributed by atoms with E-state index in [2.05, 4.69) is 51.4 Å². The van der Waals surface area contributed by atoms with Crippen LogP contribution in [-0.2, 0) is 0 Å². The number of fused-ring (bicyclic) bond motifs is 1. The molecule has 0 amide bonds. The van der Waals surface area contributed by atoms with Gasteiger partial charge in [-0.25, -0.2) is 9.97 Å². The van der Waals surface area contributed by atoms with Crippen molar-refractivity contribution in [1.82, 2.24) is 9.97 Å². The number of aryl methyl sites for hydroxylation is 1. The summed E-state index contributed by atoms with van der Waals surface area (Å²) in [6.07, 6.45) is 6.90. The van der Waals surface area contributed by atoms with Crippen LogP contribution in [0.3, 0.4) is 0 Å². The van der Waals surface area contributed by atoms with Gasteiger partial charge in [0.1, 0.15) is 17.0 Å². The summed E-state index contributed by atoms with van der Waals surface area (Å²) in [7, 11) is 0. The van der Waals surface area contributed by atoms with Gasteiger partial charge in [-0.2, -0.15) is 0 Å². The maximum Gasteiger partial charge on any atom is 0.141 e. The monoisotopic (exact) mass is 323 g/mol. The molecule has 0 saturated carbocycles. The molecule has 2 aromatic heterocycles. The van der Waals surface area contributed by atoms with E-state index in [9.17, 15) is 0 Å². The fraction of sp³-hybridized carbons (Fsp3) is 0.368. The summed E-state index contributed by atoms with van der Waals surface area (Å²) in [6.45, 7) is 4.34. The molecule has 0 aliphatic carbocycles. The Morgan fingerprint density at radius 2 is 1.70 bits per heavy atom. The Balaban J connectivity index is 1.84. The third kappa shape index (κ3) is 2.83. The third-order valence-corrected chi connectivity index (χ3v) is 5.50. The lowest BCUT2D eigenvalue weighted by atomic mass is 10.0. The van der Waals surface area contributed by atoms with Crippen LogP contribution in [0.15, 0.2) is 36.0 Å². The zero-order valence-corrected chi connectivity index (χ0v) is 14.3. The fourth-order valence-electron chi connectivity index (χ4n) is 3.33. The van der Waals surface area contributed by atoms with E-state index in [1.807, 2.05) is 0 Å². The average molecular weight is 323 g/mol. The van der Waals surface area contributed by atoms with Crippen molar-refractivity contribution in [3.8, 4) is 11.1 Å². The number of nitrogens with zero attached hydrogens (tertiary/aromatic N) is 3. The Labute approximate surface area is 141 Å². The first-order chi connectivity index (χ1) is 11.3. The molecule has 23 heavy (non-hydrogen) atoms. The number of aromatic nitrogens is 2. The van der Waals surface area contributed by atoms with E-state index in [0.29, 0.717) is 0 Å². The summed E-state index contributed by atoms with van der Waals surface area (Å²) >= 11 is 1.72. The van der Waals surface area contributed by atoms with Crippen molar-refractivity contribution in [3.63, 3.8) is 0 Å². The Kier molecular flexibility index (Phi) is 4.00. The molecule has 1 aromatic carbocycles. The Bertz CT molecular complexity index is 799. The van der Waals surface area contributed by atoms with Gasteiger partial charge in [0.15, 0.2) is 0 Å². The molecule has 0 bridgehead atoms. The predicted octanol–water partition coefficient (Wildman–Crippen LogP) is 5.05. The van der Waals surface area contributed by atoms with Crippen molar-refractivity contribution in [3.05, 3.63) is 41.5 Å². The molecular formula is C19H21N3S. The summed E-state index contributed by atoms with van der Waals surface area (Å²) in [5.74, 6) is 1.12. The first-order valence-corrected chi connectivity index (χ1v) is 9.25. The molecule has 3 nitrogen and oxygen atoms in total. The molecule has 4 heteroatoms. The summed E-state index contributed by atoms with van der Waals surface area (Å²) in [5, 5.41) is 3.45. The van der Waals surface area contributed by atoms with Gasteiger partial charge >= 0.3 is 0 Å². The second kappa shape index (κ2) is 6.28. The molecule has 118 valence electrons. The van der Waals surface area contributed by atoms with Crippen LogP contribution in [-0.4, -0.2) is 23.1 Å². The number of thiophene rings is 1. The summed E-state index contributed by atoms with van der Waals surface area (Å²) in [4.78, 5) is 12.7. The van der Waals surface area contributed by atoms with Crippen molar-refractivity contribution in [2.24, 2.45) is 0 Å². The first kappa shape index (κ1) is 14.6. The normalized spacial score (nSPS) is 15.8. The molecule has 1 aliphatic rings. The van der Waals surface area contributed by atoms with Crippen LogP contribution in [0.4, 0.5) is 5.82 Å². The quantitative estimate of drug-likeness (QED) is 0.661. The molecule has 0 radical (unpaired) electrons. The molecule has 0 atom stereocenters. The van der Waals surface area contributed by atoms with Crippen LogP contribution < -0.4 is 4.90 Å². The van der Waals surface area contributed by atoms with E-state index in [1.165, 1.54) is 47.8 Å². The van der Waals surface area contributed by atoms with Crippen LogP contribution in [0.1, 0.15) is 31.2 Å². The molecule has 4 rings (SSSR count). The second-order valence-electron chi connectivity index (χ2n) is 6.29. The molecule has 3 aromatic rings. The van der Waals surface area contributed by atoms with Gasteiger partial charge in [0.25, 0.3) is 0 Å². The van der Waals surface area contributed by atoms with Crippen LogP contribution in [0.25, 0.3) is 21.3 Å². The lowest BCUT2D eigenvalue weighted by Crippen LogP contribution is -2.25. The maximum absolute atomic E-state index is 4.67. The molecule has 0 N–H and O–H groups in total. The summed E-state index contributed by atoms with van der Waals surface area (Å²) < 4.78 is 0. The zero-order valence-electron chi connectivity index (χ0n) is 13.5. The Morgan fingerprint density at radius 3 is 2.43 bits per heavy atom. The van der Waals surface area contributed by atoms with E-state index < -0.39 is 0 Å². The number of anilines is 1. The first-order valence-electron chi connectivity index (χ1n) is 8.37. The van der Waals surface area contributed by atoms with Crippen molar-refractivity contribution in [1.29, 1.82) is 0 Å². The highest BCUT2D eigenvalue weighted by molar-refractivity contribution is 7.17. The largest absolute Gasteiger partial charge is 0.356 e. The molecule has 1 saturated heterocycles. The van der Waals surface area contributed by atoms with E-state index in [4.69, 9.17) is 0 Å². The van der Waals surface area contributed by atoms with Crippen molar-refractivity contribution in [2.75, 3.05) is 18.0 Å². The topological polar surface area (TPSA) is 29.0 Å². The van der Waals surface area contributed by atoms with Gasteiger partial charge in [-0.15, -0.1) is 11.3 Å². The molecular weight excluding hydrogens is 302 g/mol. The minimum absolute atomic E-state index is 1.09. The van der Waals surface area contributed by atoms with E-state index in [0.717, 1.165) is 23.7 Å². The number of hydrogen-bond donors (Lipinski definition) is 0. The number of benzene rings is 1. The third-order valence-electron chi connectivity index (χ3n) is 4.62. The van der Waals surface area contributed by atoms with E-state index in [-0.39, 0.29) is 0 Å². The predicted molar refractivity (Wildman–Crippen MR) is 98.3 cm³/mol. The zero-order chi connectivity index (χ0) is 15.6. The van der Waals surface area contributed by atoms with Gasteiger partial charge in [-0.1, -0.05) is 42.7 Å². The van der Waals surface area contributed by atoms with Crippen LogP contribution in [0.2, 0.25) is 0 Å². The molecule has 0 spiro atoms. The number of rotatable bonds is 2. The fourth-order valence-corrected chi connectivity index (χ4v) is 4.24. The lowest BCUT2D eigenvalue weighted by Gasteiger charge is -2.22. The minimum Gasteiger partial charge on any atom is -0.356 e. The van der Waals surface area contributed by atoms with Crippen molar-refractivity contribution >= 4 is 27.4 Å². The molecule has 0 unspecified atom stereocenters. The van der Waals surface area contributed by atoms with E-state index >= 15 is 0 Å². The highest BCUT2D eigenvalue weighted by Gasteiger charge is 2.18. The SMILES string of the molecule is Cc1ccc(-c2csc3ncnc(N4CCCCCC4)c23)cc1.